The Morgan fingerprint density at radius 2 is 2.08 bits per heavy atom. The predicted molar refractivity (Wildman–Crippen MR) is 55.0 cm³/mol. The monoisotopic (exact) mass is 181 g/mol. The van der Waals surface area contributed by atoms with Crippen LogP contribution in [0.25, 0.3) is 0 Å². The SMILES string of the molecule is CN1CCN=C1N(C)C1CCCC1. The van der Waals surface area contributed by atoms with E-state index in [1.165, 1.54) is 31.6 Å². The number of nitrogens with zero attached hydrogens (tertiary/aromatic N) is 3. The third kappa shape index (κ3) is 1.64. The smallest absolute Gasteiger partial charge is 0.196 e. The zero-order valence-corrected chi connectivity index (χ0v) is 8.66. The molecule has 1 heterocycles. The molecule has 0 aromatic rings. The van der Waals surface area contributed by atoms with Gasteiger partial charge in [-0.2, -0.15) is 0 Å². The van der Waals surface area contributed by atoms with E-state index in [-0.39, 0.29) is 0 Å². The summed E-state index contributed by atoms with van der Waals surface area (Å²) in [5.41, 5.74) is 0. The van der Waals surface area contributed by atoms with Gasteiger partial charge in [0.1, 0.15) is 0 Å². The molecule has 1 saturated carbocycles. The topological polar surface area (TPSA) is 18.8 Å². The molecule has 0 aromatic heterocycles. The summed E-state index contributed by atoms with van der Waals surface area (Å²) in [5, 5.41) is 0. The van der Waals surface area contributed by atoms with E-state index in [1.807, 2.05) is 0 Å². The van der Waals surface area contributed by atoms with E-state index in [4.69, 9.17) is 0 Å². The molecule has 2 aliphatic rings. The number of rotatable bonds is 1. The fourth-order valence-corrected chi connectivity index (χ4v) is 2.36. The average Bonchev–Trinajstić information content (AvgIpc) is 2.72. The first-order chi connectivity index (χ1) is 6.29. The van der Waals surface area contributed by atoms with Gasteiger partial charge in [-0.25, -0.2) is 0 Å². The van der Waals surface area contributed by atoms with Crippen LogP contribution in [0.4, 0.5) is 0 Å². The molecule has 0 unspecified atom stereocenters. The standard InChI is InChI=1S/C10H19N3/c1-12-8-7-11-10(12)13(2)9-5-3-4-6-9/h9H,3-8H2,1-2H3. The Morgan fingerprint density at radius 1 is 1.38 bits per heavy atom. The zero-order chi connectivity index (χ0) is 9.26. The lowest BCUT2D eigenvalue weighted by atomic mass is 10.2. The van der Waals surface area contributed by atoms with Gasteiger partial charge in [-0.15, -0.1) is 0 Å². The lowest BCUT2D eigenvalue weighted by Crippen LogP contribution is -2.42. The van der Waals surface area contributed by atoms with Crippen molar-refractivity contribution in [3.63, 3.8) is 0 Å². The third-order valence-electron chi connectivity index (χ3n) is 3.22. The van der Waals surface area contributed by atoms with Gasteiger partial charge in [0.25, 0.3) is 0 Å². The zero-order valence-electron chi connectivity index (χ0n) is 8.66. The average molecular weight is 181 g/mol. The maximum Gasteiger partial charge on any atom is 0.196 e. The van der Waals surface area contributed by atoms with Crippen LogP contribution in [-0.4, -0.2) is 49.0 Å². The Hall–Kier alpha value is -0.730. The van der Waals surface area contributed by atoms with Gasteiger partial charge in [-0.05, 0) is 12.8 Å². The molecule has 0 atom stereocenters. The van der Waals surface area contributed by atoms with Crippen LogP contribution in [0.1, 0.15) is 25.7 Å². The van der Waals surface area contributed by atoms with Gasteiger partial charge in [0.05, 0.1) is 6.54 Å². The molecule has 3 nitrogen and oxygen atoms in total. The maximum atomic E-state index is 4.53. The third-order valence-corrected chi connectivity index (χ3v) is 3.22. The molecule has 0 amide bonds. The Balaban J connectivity index is 1.99. The van der Waals surface area contributed by atoms with Crippen molar-refractivity contribution in [1.29, 1.82) is 0 Å². The van der Waals surface area contributed by atoms with E-state index in [0.29, 0.717) is 0 Å². The number of likely N-dealkylation sites (N-methyl/N-ethyl adjacent to an activating group) is 1. The number of hydrogen-bond donors (Lipinski definition) is 0. The highest BCUT2D eigenvalue weighted by atomic mass is 15.4. The molecular formula is C10H19N3. The second kappa shape index (κ2) is 3.56. The highest BCUT2D eigenvalue weighted by Gasteiger charge is 2.25. The van der Waals surface area contributed by atoms with Gasteiger partial charge in [0.2, 0.25) is 0 Å². The summed E-state index contributed by atoms with van der Waals surface area (Å²) in [4.78, 5) is 9.17. The van der Waals surface area contributed by atoms with Gasteiger partial charge < -0.3 is 9.80 Å². The van der Waals surface area contributed by atoms with Crippen LogP contribution in [0, 0.1) is 0 Å². The lowest BCUT2D eigenvalue weighted by molar-refractivity contribution is 0.331. The summed E-state index contributed by atoms with van der Waals surface area (Å²) in [6.07, 6.45) is 5.49. The van der Waals surface area contributed by atoms with E-state index in [0.717, 1.165) is 19.1 Å². The summed E-state index contributed by atoms with van der Waals surface area (Å²) >= 11 is 0. The molecular weight excluding hydrogens is 162 g/mol. The second-order valence-corrected chi connectivity index (χ2v) is 4.15. The Labute approximate surface area is 80.4 Å². The summed E-state index contributed by atoms with van der Waals surface area (Å²) in [7, 11) is 4.33. The molecule has 0 aromatic carbocycles. The van der Waals surface area contributed by atoms with E-state index in [9.17, 15) is 0 Å². The summed E-state index contributed by atoms with van der Waals surface area (Å²) < 4.78 is 0. The minimum Gasteiger partial charge on any atom is -0.344 e. The highest BCUT2D eigenvalue weighted by Crippen LogP contribution is 2.23. The van der Waals surface area contributed by atoms with Crippen molar-refractivity contribution in [2.24, 2.45) is 4.99 Å². The molecule has 0 radical (unpaired) electrons. The van der Waals surface area contributed by atoms with Crippen LogP contribution in [0.2, 0.25) is 0 Å². The van der Waals surface area contributed by atoms with Gasteiger partial charge in [-0.3, -0.25) is 4.99 Å². The van der Waals surface area contributed by atoms with E-state index >= 15 is 0 Å². The lowest BCUT2D eigenvalue weighted by Gasteiger charge is -2.29. The minimum absolute atomic E-state index is 0.749. The summed E-state index contributed by atoms with van der Waals surface area (Å²) in [5.74, 6) is 1.20. The predicted octanol–water partition coefficient (Wildman–Crippen LogP) is 1.16. The van der Waals surface area contributed by atoms with Crippen molar-refractivity contribution >= 4 is 5.96 Å². The van der Waals surface area contributed by atoms with Crippen LogP contribution in [0.5, 0.6) is 0 Å². The first-order valence-corrected chi connectivity index (χ1v) is 5.27. The van der Waals surface area contributed by atoms with Crippen LogP contribution in [0.3, 0.4) is 0 Å². The fraction of sp³-hybridized carbons (Fsp3) is 0.900. The van der Waals surface area contributed by atoms with E-state index in [2.05, 4.69) is 28.9 Å². The molecule has 13 heavy (non-hydrogen) atoms. The normalized spacial score (nSPS) is 23.8. The Kier molecular flexibility index (Phi) is 2.42. The molecule has 1 aliphatic carbocycles. The largest absolute Gasteiger partial charge is 0.344 e. The van der Waals surface area contributed by atoms with Crippen molar-refractivity contribution in [2.75, 3.05) is 27.2 Å². The molecule has 74 valence electrons. The highest BCUT2D eigenvalue weighted by molar-refractivity contribution is 5.81. The van der Waals surface area contributed by atoms with Crippen molar-refractivity contribution in [2.45, 2.75) is 31.7 Å². The minimum atomic E-state index is 0.749. The molecule has 1 aliphatic heterocycles. The molecule has 0 bridgehead atoms. The second-order valence-electron chi connectivity index (χ2n) is 4.15. The van der Waals surface area contributed by atoms with Crippen LogP contribution in [-0.2, 0) is 0 Å². The van der Waals surface area contributed by atoms with Crippen molar-refractivity contribution in [3.05, 3.63) is 0 Å². The quantitative estimate of drug-likeness (QED) is 0.604. The van der Waals surface area contributed by atoms with E-state index < -0.39 is 0 Å². The first kappa shape index (κ1) is 8.85. The van der Waals surface area contributed by atoms with Gasteiger partial charge >= 0.3 is 0 Å². The van der Waals surface area contributed by atoms with Crippen molar-refractivity contribution < 1.29 is 0 Å². The number of guanidine groups is 1. The first-order valence-electron chi connectivity index (χ1n) is 5.27. The van der Waals surface area contributed by atoms with E-state index in [1.54, 1.807) is 0 Å². The number of hydrogen-bond acceptors (Lipinski definition) is 3. The maximum absolute atomic E-state index is 4.53. The van der Waals surface area contributed by atoms with Crippen molar-refractivity contribution in [1.82, 2.24) is 9.80 Å². The Bertz CT molecular complexity index is 206. The van der Waals surface area contributed by atoms with Gasteiger partial charge in [0, 0.05) is 26.7 Å². The van der Waals surface area contributed by atoms with Gasteiger partial charge in [-0.1, -0.05) is 12.8 Å². The fourth-order valence-electron chi connectivity index (χ4n) is 2.36. The summed E-state index contributed by atoms with van der Waals surface area (Å²) in [6, 6.07) is 0.749. The van der Waals surface area contributed by atoms with Gasteiger partial charge in [0.15, 0.2) is 5.96 Å². The molecule has 1 fully saturated rings. The van der Waals surface area contributed by atoms with Crippen LogP contribution >= 0.6 is 0 Å². The molecule has 0 saturated heterocycles. The Morgan fingerprint density at radius 3 is 2.62 bits per heavy atom. The number of aliphatic imine (C=N–C) groups is 1. The summed E-state index contributed by atoms with van der Waals surface area (Å²) in [6.45, 7) is 2.06. The molecule has 0 spiro atoms. The van der Waals surface area contributed by atoms with Crippen molar-refractivity contribution in [3.8, 4) is 0 Å². The molecule has 3 heteroatoms. The van der Waals surface area contributed by atoms with Crippen LogP contribution in [0.15, 0.2) is 4.99 Å². The molecule has 0 N–H and O–H groups in total. The van der Waals surface area contributed by atoms with Crippen LogP contribution < -0.4 is 0 Å². The molecule has 2 rings (SSSR count).